The molecule has 2 aromatic carbocycles. The number of hydrogen-bond donors (Lipinski definition) is 0. The van der Waals surface area contributed by atoms with Crippen molar-refractivity contribution in [3.8, 4) is 0 Å². The number of amides is 1. The molecule has 5 heteroatoms. The summed E-state index contributed by atoms with van der Waals surface area (Å²) < 4.78 is 0. The van der Waals surface area contributed by atoms with E-state index in [9.17, 15) is 4.79 Å². The molecule has 2 aromatic rings. The van der Waals surface area contributed by atoms with Crippen molar-refractivity contribution in [2.75, 3.05) is 45.8 Å². The summed E-state index contributed by atoms with van der Waals surface area (Å²) in [5, 5.41) is 0.811. The number of carbonyl (C=O) groups excluding carboxylic acids is 1. The normalized spacial score (nSPS) is 15.4. The second kappa shape index (κ2) is 10.8. The Morgan fingerprint density at radius 2 is 1.59 bits per heavy atom. The third-order valence-corrected chi connectivity index (χ3v) is 5.96. The lowest BCUT2D eigenvalue weighted by Gasteiger charge is -2.34. The molecule has 0 N–H and O–H groups in total. The fraction of sp³-hybridized carbons (Fsp3) is 0.458. The lowest BCUT2D eigenvalue weighted by atomic mass is 10.1. The molecule has 1 heterocycles. The van der Waals surface area contributed by atoms with Gasteiger partial charge in [-0.15, -0.1) is 0 Å². The second-order valence-electron chi connectivity index (χ2n) is 7.67. The Bertz CT molecular complexity index is 781. The Labute approximate surface area is 180 Å². The van der Waals surface area contributed by atoms with E-state index in [2.05, 4.69) is 34.1 Å². The summed E-state index contributed by atoms with van der Waals surface area (Å²) in [6.07, 6.45) is 1.02. The SMILES string of the molecule is CCN(CC)C(=O)c1ccc(CCN2CCN(Cc3cccc(Cl)c3)CC2)cc1. The molecule has 0 aliphatic carbocycles. The molecular formula is C24H32ClN3O. The van der Waals surface area contributed by atoms with Gasteiger partial charge in [0.1, 0.15) is 0 Å². The largest absolute Gasteiger partial charge is 0.339 e. The van der Waals surface area contributed by atoms with Gasteiger partial charge in [0, 0.05) is 62.9 Å². The maximum Gasteiger partial charge on any atom is 0.253 e. The van der Waals surface area contributed by atoms with E-state index in [0.29, 0.717) is 0 Å². The van der Waals surface area contributed by atoms with Gasteiger partial charge in [0.15, 0.2) is 0 Å². The smallest absolute Gasteiger partial charge is 0.253 e. The van der Waals surface area contributed by atoms with E-state index in [-0.39, 0.29) is 5.91 Å². The maximum atomic E-state index is 12.4. The molecule has 4 nitrogen and oxygen atoms in total. The van der Waals surface area contributed by atoms with Gasteiger partial charge >= 0.3 is 0 Å². The van der Waals surface area contributed by atoms with Gasteiger partial charge in [0.2, 0.25) is 0 Å². The van der Waals surface area contributed by atoms with Gasteiger partial charge in [-0.05, 0) is 55.7 Å². The van der Waals surface area contributed by atoms with Gasteiger partial charge < -0.3 is 9.80 Å². The average Bonchev–Trinajstić information content (AvgIpc) is 2.74. The summed E-state index contributed by atoms with van der Waals surface area (Å²) in [5.74, 6) is 0.123. The van der Waals surface area contributed by atoms with Crippen LogP contribution in [0.5, 0.6) is 0 Å². The zero-order chi connectivity index (χ0) is 20.6. The van der Waals surface area contributed by atoms with Crippen LogP contribution in [0.4, 0.5) is 0 Å². The summed E-state index contributed by atoms with van der Waals surface area (Å²) in [4.78, 5) is 19.3. The van der Waals surface area contributed by atoms with E-state index >= 15 is 0 Å². The van der Waals surface area contributed by atoms with E-state index < -0.39 is 0 Å². The summed E-state index contributed by atoms with van der Waals surface area (Å²) in [5.41, 5.74) is 3.36. The lowest BCUT2D eigenvalue weighted by Crippen LogP contribution is -2.46. The second-order valence-corrected chi connectivity index (χ2v) is 8.11. The number of nitrogens with zero attached hydrogens (tertiary/aromatic N) is 3. The van der Waals surface area contributed by atoms with E-state index in [1.54, 1.807) is 0 Å². The molecule has 0 aromatic heterocycles. The van der Waals surface area contributed by atoms with Crippen LogP contribution in [0, 0.1) is 0 Å². The minimum Gasteiger partial charge on any atom is -0.339 e. The van der Waals surface area contributed by atoms with Crippen LogP contribution in [0.1, 0.15) is 35.3 Å². The summed E-state index contributed by atoms with van der Waals surface area (Å²) in [7, 11) is 0. The van der Waals surface area contributed by atoms with Gasteiger partial charge in [0.05, 0.1) is 0 Å². The quantitative estimate of drug-likeness (QED) is 0.649. The van der Waals surface area contributed by atoms with Crippen molar-refractivity contribution in [2.45, 2.75) is 26.8 Å². The fourth-order valence-electron chi connectivity index (χ4n) is 3.86. The van der Waals surface area contributed by atoms with Gasteiger partial charge in [-0.3, -0.25) is 9.69 Å². The highest BCUT2D eigenvalue weighted by atomic mass is 35.5. The number of halogens is 1. The first-order valence-corrected chi connectivity index (χ1v) is 11.0. The molecular weight excluding hydrogens is 382 g/mol. The van der Waals surface area contributed by atoms with E-state index in [4.69, 9.17) is 11.6 Å². The van der Waals surface area contributed by atoms with Gasteiger partial charge in [0.25, 0.3) is 5.91 Å². The van der Waals surface area contributed by atoms with Crippen LogP contribution in [0.2, 0.25) is 5.02 Å². The Hall–Kier alpha value is -1.88. The van der Waals surface area contributed by atoms with Crippen LogP contribution in [0.15, 0.2) is 48.5 Å². The van der Waals surface area contributed by atoms with E-state index in [0.717, 1.165) is 69.4 Å². The minimum atomic E-state index is 0.123. The zero-order valence-corrected chi connectivity index (χ0v) is 18.4. The van der Waals surface area contributed by atoms with Gasteiger partial charge in [-0.25, -0.2) is 0 Å². The van der Waals surface area contributed by atoms with E-state index in [1.807, 2.05) is 43.0 Å². The fourth-order valence-corrected chi connectivity index (χ4v) is 4.07. The van der Waals surface area contributed by atoms with Crippen LogP contribution < -0.4 is 0 Å². The van der Waals surface area contributed by atoms with Crippen molar-refractivity contribution in [1.82, 2.24) is 14.7 Å². The molecule has 29 heavy (non-hydrogen) atoms. The molecule has 1 fully saturated rings. The molecule has 0 spiro atoms. The first-order valence-electron chi connectivity index (χ1n) is 10.7. The molecule has 1 amide bonds. The standard InChI is InChI=1S/C24H32ClN3O/c1-3-28(4-2)24(29)22-10-8-20(9-11-22)12-13-26-14-16-27(17-15-26)19-21-6-5-7-23(25)18-21/h5-11,18H,3-4,12-17,19H2,1-2H3. The van der Waals surface area contributed by atoms with Gasteiger partial charge in [-0.1, -0.05) is 35.9 Å². The first kappa shape index (κ1) is 21.8. The van der Waals surface area contributed by atoms with Crippen LogP contribution >= 0.6 is 11.6 Å². The van der Waals surface area contributed by atoms with Crippen molar-refractivity contribution >= 4 is 17.5 Å². The summed E-state index contributed by atoms with van der Waals surface area (Å²) >= 11 is 6.09. The first-order chi connectivity index (χ1) is 14.1. The van der Waals surface area contributed by atoms with Crippen LogP contribution in [-0.4, -0.2) is 66.4 Å². The predicted molar refractivity (Wildman–Crippen MR) is 121 cm³/mol. The highest BCUT2D eigenvalue weighted by Gasteiger charge is 2.17. The Morgan fingerprint density at radius 1 is 0.931 bits per heavy atom. The average molecular weight is 414 g/mol. The maximum absolute atomic E-state index is 12.4. The Morgan fingerprint density at radius 3 is 2.21 bits per heavy atom. The van der Waals surface area contributed by atoms with Crippen LogP contribution in [-0.2, 0) is 13.0 Å². The molecule has 3 rings (SSSR count). The third kappa shape index (κ3) is 6.30. The topological polar surface area (TPSA) is 26.8 Å². The summed E-state index contributed by atoms with van der Waals surface area (Å²) in [6, 6.07) is 16.3. The molecule has 1 saturated heterocycles. The Kier molecular flexibility index (Phi) is 8.10. The number of hydrogen-bond acceptors (Lipinski definition) is 3. The van der Waals surface area contributed by atoms with Gasteiger partial charge in [-0.2, -0.15) is 0 Å². The number of carbonyl (C=O) groups is 1. The number of benzene rings is 2. The van der Waals surface area contributed by atoms with Crippen molar-refractivity contribution < 1.29 is 4.79 Å². The highest BCUT2D eigenvalue weighted by molar-refractivity contribution is 6.30. The summed E-state index contributed by atoms with van der Waals surface area (Å²) in [6.45, 7) is 11.9. The number of piperazine rings is 1. The molecule has 0 bridgehead atoms. The van der Waals surface area contributed by atoms with Crippen LogP contribution in [0.25, 0.3) is 0 Å². The molecule has 156 valence electrons. The molecule has 0 unspecified atom stereocenters. The van der Waals surface area contributed by atoms with Crippen molar-refractivity contribution in [3.05, 3.63) is 70.2 Å². The third-order valence-electron chi connectivity index (χ3n) is 5.73. The van der Waals surface area contributed by atoms with Crippen molar-refractivity contribution in [3.63, 3.8) is 0 Å². The van der Waals surface area contributed by atoms with Crippen molar-refractivity contribution in [1.29, 1.82) is 0 Å². The predicted octanol–water partition coefficient (Wildman–Crippen LogP) is 4.18. The zero-order valence-electron chi connectivity index (χ0n) is 17.6. The molecule has 0 saturated carbocycles. The van der Waals surface area contributed by atoms with Crippen LogP contribution in [0.3, 0.4) is 0 Å². The number of rotatable bonds is 8. The minimum absolute atomic E-state index is 0.123. The van der Waals surface area contributed by atoms with Crippen molar-refractivity contribution in [2.24, 2.45) is 0 Å². The molecule has 0 radical (unpaired) electrons. The molecule has 1 aliphatic rings. The lowest BCUT2D eigenvalue weighted by molar-refractivity contribution is 0.0773. The Balaban J connectivity index is 1.42. The monoisotopic (exact) mass is 413 g/mol. The molecule has 0 atom stereocenters. The highest BCUT2D eigenvalue weighted by Crippen LogP contribution is 2.14. The van der Waals surface area contributed by atoms with E-state index in [1.165, 1.54) is 11.1 Å². The molecule has 1 aliphatic heterocycles.